The first-order valence-electron chi connectivity index (χ1n) is 6.09. The fraction of sp³-hybridized carbons (Fsp3) is 0.308. The Labute approximate surface area is 114 Å². The molecule has 3 rings (SSSR count). The van der Waals surface area contributed by atoms with Gasteiger partial charge in [-0.05, 0) is 18.2 Å². The number of hydrogen-bond acceptors (Lipinski definition) is 5. The fourth-order valence-electron chi connectivity index (χ4n) is 2.19. The van der Waals surface area contributed by atoms with Gasteiger partial charge in [0.05, 0.1) is 19.9 Å². The Kier molecular flexibility index (Phi) is 3.09. The summed E-state index contributed by atoms with van der Waals surface area (Å²) in [5, 5.41) is 7.56. The molecule has 104 valence electrons. The molecule has 0 radical (unpaired) electrons. The monoisotopic (exact) mass is 277 g/mol. The molecule has 1 aliphatic heterocycles. The highest BCUT2D eigenvalue weighted by atomic mass is 19.1. The molecular formula is C13H12FN3O3. The molecular weight excluding hydrogens is 265 g/mol. The van der Waals surface area contributed by atoms with Gasteiger partial charge in [-0.3, -0.25) is 0 Å². The van der Waals surface area contributed by atoms with Gasteiger partial charge in [0.15, 0.2) is 5.69 Å². The van der Waals surface area contributed by atoms with Crippen LogP contribution in [0.3, 0.4) is 0 Å². The Morgan fingerprint density at radius 2 is 2.45 bits per heavy atom. The third-order valence-electron chi connectivity index (χ3n) is 3.09. The average Bonchev–Trinajstić information content (AvgIpc) is 3.04. The Bertz CT molecular complexity index is 656. The molecule has 0 saturated heterocycles. The predicted molar refractivity (Wildman–Crippen MR) is 65.9 cm³/mol. The molecule has 2 heterocycles. The molecule has 0 N–H and O–H groups in total. The molecule has 0 bridgehead atoms. The number of aromatic nitrogens is 3. The van der Waals surface area contributed by atoms with Gasteiger partial charge in [-0.15, -0.1) is 5.10 Å². The van der Waals surface area contributed by atoms with Crippen molar-refractivity contribution in [2.75, 3.05) is 7.11 Å². The van der Waals surface area contributed by atoms with Crippen LogP contribution in [0, 0.1) is 5.82 Å². The van der Waals surface area contributed by atoms with Crippen LogP contribution >= 0.6 is 0 Å². The molecule has 0 fully saturated rings. The molecule has 20 heavy (non-hydrogen) atoms. The van der Waals surface area contributed by atoms with Crippen LogP contribution in [0.4, 0.5) is 4.39 Å². The van der Waals surface area contributed by atoms with Gasteiger partial charge in [0, 0.05) is 12.0 Å². The number of esters is 1. The van der Waals surface area contributed by atoms with Crippen LogP contribution in [0.1, 0.15) is 16.1 Å². The minimum Gasteiger partial charge on any atom is -0.488 e. The molecule has 6 nitrogen and oxygen atoms in total. The Morgan fingerprint density at radius 1 is 1.60 bits per heavy atom. The van der Waals surface area contributed by atoms with Crippen molar-refractivity contribution in [3.05, 3.63) is 41.5 Å². The predicted octanol–water partition coefficient (Wildman–Crippen LogP) is 1.21. The van der Waals surface area contributed by atoms with E-state index in [2.05, 4.69) is 15.0 Å². The lowest BCUT2D eigenvalue weighted by atomic mass is 10.1. The highest BCUT2D eigenvalue weighted by Crippen LogP contribution is 2.29. The molecule has 0 amide bonds. The molecule has 1 atom stereocenters. The van der Waals surface area contributed by atoms with Crippen LogP contribution in [-0.2, 0) is 17.7 Å². The minimum absolute atomic E-state index is 0.147. The molecule has 0 spiro atoms. The first kappa shape index (κ1) is 12.6. The zero-order valence-electron chi connectivity index (χ0n) is 10.7. The number of ether oxygens (including phenoxy) is 2. The van der Waals surface area contributed by atoms with Crippen molar-refractivity contribution in [1.29, 1.82) is 0 Å². The van der Waals surface area contributed by atoms with E-state index in [1.807, 2.05) is 0 Å². The smallest absolute Gasteiger partial charge is 0.360 e. The van der Waals surface area contributed by atoms with E-state index in [1.54, 1.807) is 6.07 Å². The Balaban J connectivity index is 1.68. The normalized spacial score (nSPS) is 16.6. The van der Waals surface area contributed by atoms with E-state index in [9.17, 15) is 9.18 Å². The van der Waals surface area contributed by atoms with Crippen LogP contribution in [0.5, 0.6) is 5.75 Å². The number of carbonyl (C=O) groups excluding carboxylic acids is 1. The summed E-state index contributed by atoms with van der Waals surface area (Å²) in [6.45, 7) is 0.431. The zero-order valence-corrected chi connectivity index (χ0v) is 10.7. The van der Waals surface area contributed by atoms with Crippen LogP contribution in [-0.4, -0.2) is 34.2 Å². The standard InChI is InChI=1S/C13H12FN3O3/c1-19-13(18)11-7-17(16-15-11)6-10-5-8-4-9(14)2-3-12(8)20-10/h2-4,7,10H,5-6H2,1H3. The van der Waals surface area contributed by atoms with Gasteiger partial charge in [0.1, 0.15) is 17.7 Å². The number of hydrogen-bond donors (Lipinski definition) is 0. The van der Waals surface area contributed by atoms with Crippen molar-refractivity contribution in [3.8, 4) is 5.75 Å². The molecule has 0 aliphatic carbocycles. The Hall–Kier alpha value is -2.44. The summed E-state index contributed by atoms with van der Waals surface area (Å²) in [5.74, 6) is -0.125. The van der Waals surface area contributed by atoms with Gasteiger partial charge in [0.2, 0.25) is 0 Å². The summed E-state index contributed by atoms with van der Waals surface area (Å²) in [6, 6.07) is 4.45. The molecule has 2 aromatic rings. The minimum atomic E-state index is -0.533. The van der Waals surface area contributed by atoms with Crippen molar-refractivity contribution in [2.24, 2.45) is 0 Å². The van der Waals surface area contributed by atoms with Crippen molar-refractivity contribution < 1.29 is 18.7 Å². The maximum Gasteiger partial charge on any atom is 0.360 e. The molecule has 1 aliphatic rings. The number of carbonyl (C=O) groups is 1. The van der Waals surface area contributed by atoms with Crippen LogP contribution < -0.4 is 4.74 Å². The van der Waals surface area contributed by atoms with E-state index in [1.165, 1.54) is 30.1 Å². The quantitative estimate of drug-likeness (QED) is 0.789. The van der Waals surface area contributed by atoms with Crippen LogP contribution in [0.2, 0.25) is 0 Å². The first-order chi connectivity index (χ1) is 9.65. The van der Waals surface area contributed by atoms with Crippen molar-refractivity contribution in [2.45, 2.75) is 19.1 Å². The fourth-order valence-corrected chi connectivity index (χ4v) is 2.19. The maximum absolute atomic E-state index is 13.1. The van der Waals surface area contributed by atoms with E-state index in [-0.39, 0.29) is 17.6 Å². The maximum atomic E-state index is 13.1. The highest BCUT2D eigenvalue weighted by molar-refractivity contribution is 5.86. The number of halogens is 1. The average molecular weight is 277 g/mol. The number of methoxy groups -OCH3 is 1. The summed E-state index contributed by atoms with van der Waals surface area (Å²) >= 11 is 0. The molecule has 1 aromatic carbocycles. The number of rotatable bonds is 3. The lowest BCUT2D eigenvalue weighted by Gasteiger charge is -2.09. The third kappa shape index (κ3) is 2.34. The number of nitrogens with zero attached hydrogens (tertiary/aromatic N) is 3. The van der Waals surface area contributed by atoms with Crippen molar-refractivity contribution in [1.82, 2.24) is 15.0 Å². The summed E-state index contributed by atoms with van der Waals surface area (Å²) in [6.07, 6.45) is 1.94. The second-order valence-corrected chi connectivity index (χ2v) is 4.51. The largest absolute Gasteiger partial charge is 0.488 e. The van der Waals surface area contributed by atoms with Gasteiger partial charge >= 0.3 is 5.97 Å². The Morgan fingerprint density at radius 3 is 3.25 bits per heavy atom. The molecule has 1 unspecified atom stereocenters. The molecule has 0 saturated carbocycles. The number of fused-ring (bicyclic) bond motifs is 1. The summed E-state index contributed by atoms with van der Waals surface area (Å²) in [7, 11) is 1.28. The second-order valence-electron chi connectivity index (χ2n) is 4.51. The second kappa shape index (κ2) is 4.92. The van der Waals surface area contributed by atoms with E-state index in [0.717, 1.165) is 5.56 Å². The molecule has 1 aromatic heterocycles. The lowest BCUT2D eigenvalue weighted by Crippen LogP contribution is -2.21. The summed E-state index contributed by atoms with van der Waals surface area (Å²) in [4.78, 5) is 11.3. The van der Waals surface area contributed by atoms with Gasteiger partial charge < -0.3 is 9.47 Å². The van der Waals surface area contributed by atoms with Gasteiger partial charge in [-0.25, -0.2) is 13.9 Å². The summed E-state index contributed by atoms with van der Waals surface area (Å²) < 4.78 is 24.9. The van der Waals surface area contributed by atoms with E-state index < -0.39 is 5.97 Å². The third-order valence-corrected chi connectivity index (χ3v) is 3.09. The topological polar surface area (TPSA) is 66.2 Å². The summed E-state index contributed by atoms with van der Waals surface area (Å²) in [5.41, 5.74) is 0.984. The van der Waals surface area contributed by atoms with Crippen molar-refractivity contribution >= 4 is 5.97 Å². The van der Waals surface area contributed by atoms with Crippen molar-refractivity contribution in [3.63, 3.8) is 0 Å². The first-order valence-corrected chi connectivity index (χ1v) is 6.09. The van der Waals surface area contributed by atoms with E-state index >= 15 is 0 Å². The van der Waals surface area contributed by atoms with E-state index in [0.29, 0.717) is 18.7 Å². The zero-order chi connectivity index (χ0) is 14.1. The lowest BCUT2D eigenvalue weighted by molar-refractivity contribution is 0.0594. The van der Waals surface area contributed by atoms with Gasteiger partial charge in [0.25, 0.3) is 0 Å². The molecule has 7 heteroatoms. The van der Waals surface area contributed by atoms with Crippen LogP contribution in [0.15, 0.2) is 24.4 Å². The van der Waals surface area contributed by atoms with Gasteiger partial charge in [-0.2, -0.15) is 0 Å². The SMILES string of the molecule is COC(=O)c1cn(CC2Cc3cc(F)ccc3O2)nn1. The van der Waals surface area contributed by atoms with E-state index in [4.69, 9.17) is 4.74 Å². The highest BCUT2D eigenvalue weighted by Gasteiger charge is 2.24. The van der Waals surface area contributed by atoms with Crippen LogP contribution in [0.25, 0.3) is 0 Å². The van der Waals surface area contributed by atoms with Gasteiger partial charge in [-0.1, -0.05) is 5.21 Å². The number of benzene rings is 1.